The molecule has 0 aromatic heterocycles. The van der Waals surface area contributed by atoms with Gasteiger partial charge in [0, 0.05) is 23.9 Å². The molecular weight excluding hydrogens is 421 g/mol. The summed E-state index contributed by atoms with van der Waals surface area (Å²) in [7, 11) is 1.49. The molecule has 2 aromatic carbocycles. The van der Waals surface area contributed by atoms with E-state index in [1.165, 1.54) is 48.3 Å². The fraction of sp³-hybridized carbons (Fsp3) is 0.190. The van der Waals surface area contributed by atoms with Crippen molar-refractivity contribution >= 4 is 35.3 Å². The van der Waals surface area contributed by atoms with Crippen molar-refractivity contribution in [2.75, 3.05) is 25.5 Å². The van der Waals surface area contributed by atoms with Gasteiger partial charge >= 0.3 is 6.03 Å². The summed E-state index contributed by atoms with van der Waals surface area (Å²) in [5.74, 6) is -3.03. The molecule has 2 aromatic rings. The van der Waals surface area contributed by atoms with Gasteiger partial charge in [-0.15, -0.1) is 0 Å². The second kappa shape index (κ2) is 9.25. The first kappa shape index (κ1) is 22.4. The van der Waals surface area contributed by atoms with Crippen LogP contribution in [0.15, 0.2) is 42.5 Å². The summed E-state index contributed by atoms with van der Waals surface area (Å²) in [4.78, 5) is 62.5. The number of amides is 6. The lowest BCUT2D eigenvalue weighted by Crippen LogP contribution is -2.34. The van der Waals surface area contributed by atoms with E-state index in [2.05, 4.69) is 10.6 Å². The maximum Gasteiger partial charge on any atom is 0.327 e. The van der Waals surface area contributed by atoms with Gasteiger partial charge in [0.15, 0.2) is 0 Å². The van der Waals surface area contributed by atoms with Crippen LogP contribution < -0.4 is 16.4 Å². The van der Waals surface area contributed by atoms with E-state index in [0.29, 0.717) is 5.56 Å². The van der Waals surface area contributed by atoms with Gasteiger partial charge in [0.1, 0.15) is 12.4 Å². The first-order chi connectivity index (χ1) is 15.2. The van der Waals surface area contributed by atoms with Gasteiger partial charge in [0.05, 0.1) is 13.1 Å². The van der Waals surface area contributed by atoms with Crippen LogP contribution in [0.4, 0.5) is 14.9 Å². The van der Waals surface area contributed by atoms with Crippen molar-refractivity contribution in [2.45, 2.75) is 6.54 Å². The summed E-state index contributed by atoms with van der Waals surface area (Å²) >= 11 is 0. The van der Waals surface area contributed by atoms with Gasteiger partial charge in [-0.05, 0) is 35.9 Å². The molecule has 32 heavy (non-hydrogen) atoms. The maximum absolute atomic E-state index is 13.3. The largest absolute Gasteiger partial charge is 0.366 e. The number of carbonyl (C=O) groups is 5. The minimum atomic E-state index is -0.737. The Morgan fingerprint density at radius 2 is 1.84 bits per heavy atom. The Bertz CT molecular complexity index is 1120. The zero-order valence-corrected chi connectivity index (χ0v) is 17.1. The highest BCUT2D eigenvalue weighted by Gasteiger charge is 2.34. The van der Waals surface area contributed by atoms with Crippen LogP contribution in [-0.4, -0.2) is 59.6 Å². The lowest BCUT2D eigenvalue weighted by atomic mass is 10.1. The molecule has 10 nitrogen and oxygen atoms in total. The first-order valence-electron chi connectivity index (χ1n) is 9.47. The fourth-order valence-electron chi connectivity index (χ4n) is 3.07. The number of nitrogens with one attached hydrogen (secondary N) is 2. The van der Waals surface area contributed by atoms with Gasteiger partial charge in [0.2, 0.25) is 11.8 Å². The van der Waals surface area contributed by atoms with Crippen LogP contribution in [0.25, 0.3) is 0 Å². The lowest BCUT2D eigenvalue weighted by Gasteiger charge is -2.18. The minimum Gasteiger partial charge on any atom is -0.366 e. The van der Waals surface area contributed by atoms with Crippen molar-refractivity contribution in [3.63, 3.8) is 0 Å². The SMILES string of the molecule is CN1CC(=O)N(Cc2ccc(C(N)=O)cc2NC(=O)CNC(=O)c2cccc(F)c2)C1=O. The number of imide groups is 1. The van der Waals surface area contributed by atoms with E-state index in [4.69, 9.17) is 5.73 Å². The Kier molecular flexibility index (Phi) is 6.47. The number of benzene rings is 2. The van der Waals surface area contributed by atoms with Crippen LogP contribution >= 0.6 is 0 Å². The molecule has 0 aliphatic carbocycles. The van der Waals surface area contributed by atoms with Crippen LogP contribution in [0.3, 0.4) is 0 Å². The normalized spacial score (nSPS) is 13.3. The second-order valence-electron chi connectivity index (χ2n) is 7.10. The average molecular weight is 441 g/mol. The lowest BCUT2D eigenvalue weighted by molar-refractivity contribution is -0.125. The minimum absolute atomic E-state index is 0.0457. The predicted octanol–water partition coefficient (Wildman–Crippen LogP) is 0.687. The van der Waals surface area contributed by atoms with Crippen molar-refractivity contribution < 1.29 is 28.4 Å². The molecule has 4 N–H and O–H groups in total. The topological polar surface area (TPSA) is 142 Å². The van der Waals surface area contributed by atoms with E-state index < -0.39 is 42.0 Å². The number of rotatable bonds is 7. The molecule has 3 rings (SSSR count). The number of carbonyl (C=O) groups excluding carboxylic acids is 5. The van der Waals surface area contributed by atoms with Crippen molar-refractivity contribution in [3.05, 3.63) is 65.0 Å². The summed E-state index contributed by atoms with van der Waals surface area (Å²) < 4.78 is 13.3. The monoisotopic (exact) mass is 441 g/mol. The van der Waals surface area contributed by atoms with Crippen LogP contribution in [0.2, 0.25) is 0 Å². The Morgan fingerprint density at radius 3 is 2.47 bits per heavy atom. The Morgan fingerprint density at radius 1 is 1.09 bits per heavy atom. The highest BCUT2D eigenvalue weighted by atomic mass is 19.1. The summed E-state index contributed by atoms with van der Waals surface area (Å²) in [6.07, 6.45) is 0. The van der Waals surface area contributed by atoms with Gasteiger partial charge in [0.25, 0.3) is 11.8 Å². The number of nitrogens with two attached hydrogens (primary N) is 1. The van der Waals surface area contributed by atoms with E-state index in [9.17, 15) is 28.4 Å². The van der Waals surface area contributed by atoms with Gasteiger partial charge in [-0.2, -0.15) is 0 Å². The molecule has 0 radical (unpaired) electrons. The Balaban J connectivity index is 1.73. The smallest absolute Gasteiger partial charge is 0.327 e. The number of hydrogen-bond donors (Lipinski definition) is 3. The highest BCUT2D eigenvalue weighted by molar-refractivity contribution is 6.03. The molecular formula is C21H20FN5O5. The van der Waals surface area contributed by atoms with Crippen molar-refractivity contribution in [3.8, 4) is 0 Å². The standard InChI is InChI=1S/C21H20FN5O5/c1-26-11-18(29)27(21(26)32)10-14-6-5-12(19(23)30)8-16(14)25-17(28)9-24-20(31)13-3-2-4-15(22)7-13/h2-8H,9-11H2,1H3,(H2,23,30)(H,24,31)(H,25,28). The van der Waals surface area contributed by atoms with E-state index in [-0.39, 0.29) is 29.9 Å². The first-order valence-corrected chi connectivity index (χ1v) is 9.47. The third-order valence-corrected chi connectivity index (χ3v) is 4.72. The van der Waals surface area contributed by atoms with Crippen LogP contribution in [-0.2, 0) is 16.1 Å². The van der Waals surface area contributed by atoms with Gasteiger partial charge in [-0.25, -0.2) is 9.18 Å². The third kappa shape index (κ3) is 5.06. The number of hydrogen-bond acceptors (Lipinski definition) is 5. The molecule has 6 amide bonds. The molecule has 1 fully saturated rings. The fourth-order valence-corrected chi connectivity index (χ4v) is 3.07. The zero-order valence-electron chi connectivity index (χ0n) is 17.1. The highest BCUT2D eigenvalue weighted by Crippen LogP contribution is 2.22. The van der Waals surface area contributed by atoms with Crippen molar-refractivity contribution in [1.29, 1.82) is 0 Å². The predicted molar refractivity (Wildman–Crippen MR) is 111 cm³/mol. The summed E-state index contributed by atoms with van der Waals surface area (Å²) in [5.41, 5.74) is 5.99. The average Bonchev–Trinajstić information content (AvgIpc) is 2.98. The number of anilines is 1. The molecule has 1 saturated heterocycles. The molecule has 11 heteroatoms. The van der Waals surface area contributed by atoms with E-state index in [0.717, 1.165) is 11.0 Å². The molecule has 0 bridgehead atoms. The third-order valence-electron chi connectivity index (χ3n) is 4.72. The van der Waals surface area contributed by atoms with Crippen LogP contribution in [0, 0.1) is 5.82 Å². The van der Waals surface area contributed by atoms with Crippen molar-refractivity contribution in [1.82, 2.24) is 15.1 Å². The molecule has 0 spiro atoms. The van der Waals surface area contributed by atoms with E-state index in [1.807, 2.05) is 0 Å². The number of likely N-dealkylation sites (N-methyl/N-ethyl adjacent to an activating group) is 1. The Hall–Kier alpha value is -4.28. The summed E-state index contributed by atoms with van der Waals surface area (Å²) in [5, 5.41) is 4.90. The summed E-state index contributed by atoms with van der Waals surface area (Å²) in [6.45, 7) is -0.641. The van der Waals surface area contributed by atoms with E-state index >= 15 is 0 Å². The van der Waals surface area contributed by atoms with Gasteiger partial charge in [-0.1, -0.05) is 12.1 Å². The maximum atomic E-state index is 13.3. The second-order valence-corrected chi connectivity index (χ2v) is 7.10. The Labute approximate surface area is 182 Å². The number of urea groups is 1. The molecule has 0 unspecified atom stereocenters. The van der Waals surface area contributed by atoms with Gasteiger partial charge < -0.3 is 21.3 Å². The number of primary amides is 1. The summed E-state index contributed by atoms with van der Waals surface area (Å²) in [6, 6.07) is 8.68. The number of halogens is 1. The van der Waals surface area contributed by atoms with Crippen LogP contribution in [0.5, 0.6) is 0 Å². The molecule has 0 atom stereocenters. The quantitative estimate of drug-likeness (QED) is 0.542. The number of nitrogens with zero attached hydrogens (tertiary/aromatic N) is 2. The van der Waals surface area contributed by atoms with Gasteiger partial charge in [-0.3, -0.25) is 24.1 Å². The molecule has 1 aliphatic heterocycles. The molecule has 0 saturated carbocycles. The van der Waals surface area contributed by atoms with Crippen LogP contribution in [0.1, 0.15) is 26.3 Å². The molecule has 1 heterocycles. The zero-order chi connectivity index (χ0) is 23.4. The van der Waals surface area contributed by atoms with Crippen molar-refractivity contribution in [2.24, 2.45) is 5.73 Å². The molecule has 1 aliphatic rings. The van der Waals surface area contributed by atoms with E-state index in [1.54, 1.807) is 0 Å². The molecule has 166 valence electrons.